The first kappa shape index (κ1) is 25.4. The van der Waals surface area contributed by atoms with Crippen molar-refractivity contribution in [3.05, 3.63) is 96.5 Å². The Balaban J connectivity index is 1.55. The van der Waals surface area contributed by atoms with Crippen LogP contribution in [0.4, 0.5) is 5.69 Å². The molecule has 0 unspecified atom stereocenters. The normalized spacial score (nSPS) is 13.2. The summed E-state index contributed by atoms with van der Waals surface area (Å²) in [6, 6.07) is 15.2. The van der Waals surface area contributed by atoms with Gasteiger partial charge in [-0.25, -0.2) is 4.98 Å². The molecule has 1 atom stereocenters. The van der Waals surface area contributed by atoms with Gasteiger partial charge in [-0.2, -0.15) is 9.78 Å². The molecule has 0 amide bonds. The molecule has 0 saturated heterocycles. The number of halogens is 1. The number of ether oxygens (including phenoxy) is 3. The summed E-state index contributed by atoms with van der Waals surface area (Å²) in [5, 5.41) is 16.7. The van der Waals surface area contributed by atoms with Gasteiger partial charge in [0.15, 0.2) is 11.5 Å². The Morgan fingerprint density at radius 2 is 2.03 bits per heavy atom. The molecule has 1 aliphatic rings. The van der Waals surface area contributed by atoms with Gasteiger partial charge in [-0.1, -0.05) is 41.9 Å². The summed E-state index contributed by atoms with van der Waals surface area (Å²) < 4.78 is 18.7. The van der Waals surface area contributed by atoms with Crippen LogP contribution in [0.3, 0.4) is 0 Å². The van der Waals surface area contributed by atoms with Gasteiger partial charge >= 0.3 is 5.69 Å². The van der Waals surface area contributed by atoms with Gasteiger partial charge in [0.05, 0.1) is 22.0 Å². The molecule has 0 radical (unpaired) electrons. The van der Waals surface area contributed by atoms with Crippen LogP contribution in [-0.2, 0) is 6.61 Å². The fourth-order valence-corrected chi connectivity index (χ4v) is 4.39. The molecule has 38 heavy (non-hydrogen) atoms. The van der Waals surface area contributed by atoms with Crippen molar-refractivity contribution in [2.24, 2.45) is 5.10 Å². The second kappa shape index (κ2) is 10.6. The minimum Gasteiger partial charge on any atom is -0.481 e. The van der Waals surface area contributed by atoms with Crippen LogP contribution in [0.2, 0.25) is 0 Å². The van der Waals surface area contributed by atoms with Crippen molar-refractivity contribution in [2.75, 3.05) is 6.79 Å². The lowest BCUT2D eigenvalue weighted by molar-refractivity contribution is -0.385. The van der Waals surface area contributed by atoms with Crippen molar-refractivity contribution < 1.29 is 19.1 Å². The third-order valence-corrected chi connectivity index (χ3v) is 6.73. The quantitative estimate of drug-likeness (QED) is 0.148. The predicted octanol–water partition coefficient (Wildman–Crippen LogP) is 5.77. The average molecular weight is 579 g/mol. The van der Waals surface area contributed by atoms with Crippen molar-refractivity contribution in [3.63, 3.8) is 0 Å². The van der Waals surface area contributed by atoms with Crippen molar-refractivity contribution in [1.29, 1.82) is 0 Å². The number of hydrogen-bond donors (Lipinski definition) is 0. The van der Waals surface area contributed by atoms with Crippen molar-refractivity contribution in [1.82, 2.24) is 9.66 Å². The highest BCUT2D eigenvalue weighted by atomic mass is 79.9. The van der Waals surface area contributed by atoms with Gasteiger partial charge in [0.1, 0.15) is 12.4 Å². The second-order valence-corrected chi connectivity index (χ2v) is 9.65. The highest BCUT2D eigenvalue weighted by Crippen LogP contribution is 2.34. The van der Waals surface area contributed by atoms with Gasteiger partial charge in [0.25, 0.3) is 5.56 Å². The van der Waals surface area contributed by atoms with Gasteiger partial charge in [-0.15, -0.1) is 0 Å². The monoisotopic (exact) mass is 578 g/mol. The van der Waals surface area contributed by atoms with Crippen LogP contribution in [-0.4, -0.2) is 27.6 Å². The van der Waals surface area contributed by atoms with Gasteiger partial charge in [-0.05, 0) is 48.4 Å². The van der Waals surface area contributed by atoms with E-state index < -0.39 is 4.92 Å². The first-order valence-electron chi connectivity index (χ1n) is 11.9. The number of nitro groups is 1. The summed E-state index contributed by atoms with van der Waals surface area (Å²) in [6.07, 6.45) is 2.13. The maximum Gasteiger partial charge on any atom is 0.311 e. The van der Waals surface area contributed by atoms with Crippen molar-refractivity contribution in [2.45, 2.75) is 32.8 Å². The number of nitro benzene ring substituents is 1. The maximum atomic E-state index is 13.4. The zero-order valence-electron chi connectivity index (χ0n) is 20.6. The minimum atomic E-state index is -0.516. The molecule has 11 heteroatoms. The number of fused-ring (bicyclic) bond motifs is 2. The zero-order valence-corrected chi connectivity index (χ0v) is 22.2. The standard InChI is InChI=1S/C27H23BrN4O6/c1-3-16(2)26-30-21-9-8-19(28)12-20(21)27(33)31(26)29-13-18-5-4-6-22(32(34)35)25(18)36-14-17-7-10-23-24(11-17)38-15-37-23/h4-13,16H,3,14-15H2,1-2H3/t16-/m1/s1. The summed E-state index contributed by atoms with van der Waals surface area (Å²) in [6.45, 7) is 4.15. The lowest BCUT2D eigenvalue weighted by Gasteiger charge is -2.14. The molecule has 3 aromatic carbocycles. The molecular formula is C27H23BrN4O6. The topological polar surface area (TPSA) is 118 Å². The van der Waals surface area contributed by atoms with E-state index in [0.717, 1.165) is 16.5 Å². The van der Waals surface area contributed by atoms with Crippen LogP contribution < -0.4 is 19.8 Å². The molecule has 5 rings (SSSR count). The summed E-state index contributed by atoms with van der Waals surface area (Å²) >= 11 is 3.40. The maximum absolute atomic E-state index is 13.4. The van der Waals surface area contributed by atoms with Crippen LogP contribution in [0.1, 0.15) is 43.1 Å². The molecule has 0 saturated carbocycles. The molecule has 1 aromatic heterocycles. The smallest absolute Gasteiger partial charge is 0.311 e. The number of rotatable bonds is 8. The Bertz CT molecular complexity index is 1630. The molecule has 4 aromatic rings. The molecule has 1 aliphatic heterocycles. The van der Waals surface area contributed by atoms with Crippen LogP contribution in [0.25, 0.3) is 10.9 Å². The van der Waals surface area contributed by atoms with Crippen LogP contribution in [0.15, 0.2) is 69.0 Å². The molecule has 194 valence electrons. The van der Waals surface area contributed by atoms with Crippen molar-refractivity contribution >= 4 is 38.7 Å². The van der Waals surface area contributed by atoms with Crippen LogP contribution >= 0.6 is 15.9 Å². The van der Waals surface area contributed by atoms with Crippen LogP contribution in [0.5, 0.6) is 17.2 Å². The lowest BCUT2D eigenvalue weighted by atomic mass is 10.1. The predicted molar refractivity (Wildman–Crippen MR) is 145 cm³/mol. The number of hydrogen-bond acceptors (Lipinski definition) is 8. The highest BCUT2D eigenvalue weighted by molar-refractivity contribution is 9.10. The first-order chi connectivity index (χ1) is 18.4. The van der Waals surface area contributed by atoms with E-state index in [1.807, 2.05) is 19.9 Å². The number of aromatic nitrogens is 2. The van der Waals surface area contributed by atoms with E-state index in [1.54, 1.807) is 42.5 Å². The highest BCUT2D eigenvalue weighted by Gasteiger charge is 2.21. The molecule has 0 N–H and O–H groups in total. The SMILES string of the molecule is CC[C@@H](C)c1nc2ccc(Br)cc2c(=O)n1N=Cc1cccc([N+](=O)[O-])c1OCc1ccc2c(c1)OCO2. The molecule has 10 nitrogen and oxygen atoms in total. The molecule has 0 spiro atoms. The molecular weight excluding hydrogens is 556 g/mol. The number of para-hydroxylation sites is 1. The Labute approximate surface area is 225 Å². The summed E-state index contributed by atoms with van der Waals surface area (Å²) in [4.78, 5) is 29.4. The van der Waals surface area contributed by atoms with E-state index >= 15 is 0 Å². The van der Waals surface area contributed by atoms with Crippen molar-refractivity contribution in [3.8, 4) is 17.2 Å². The van der Waals surface area contributed by atoms with E-state index in [9.17, 15) is 14.9 Å². The number of benzene rings is 3. The van der Waals surface area contributed by atoms with E-state index in [2.05, 4.69) is 21.0 Å². The summed E-state index contributed by atoms with van der Waals surface area (Å²) in [5.74, 6) is 1.69. The van der Waals surface area contributed by atoms with Gasteiger partial charge < -0.3 is 14.2 Å². The third-order valence-electron chi connectivity index (χ3n) is 6.24. The Hall–Kier alpha value is -4.25. The Morgan fingerprint density at radius 3 is 2.82 bits per heavy atom. The van der Waals surface area contributed by atoms with E-state index in [-0.39, 0.29) is 36.3 Å². The minimum absolute atomic E-state index is 0.0357. The third kappa shape index (κ3) is 4.97. The second-order valence-electron chi connectivity index (χ2n) is 8.73. The van der Waals surface area contributed by atoms with Gasteiger partial charge in [-0.3, -0.25) is 14.9 Å². The molecule has 0 aliphatic carbocycles. The van der Waals surface area contributed by atoms with Gasteiger partial charge in [0, 0.05) is 22.0 Å². The molecule has 2 heterocycles. The van der Waals surface area contributed by atoms with Gasteiger partial charge in [0.2, 0.25) is 12.5 Å². The van der Waals surface area contributed by atoms with E-state index in [0.29, 0.717) is 33.8 Å². The average Bonchev–Trinajstić information content (AvgIpc) is 3.39. The largest absolute Gasteiger partial charge is 0.481 e. The Morgan fingerprint density at radius 1 is 1.21 bits per heavy atom. The fourth-order valence-electron chi connectivity index (χ4n) is 4.03. The number of nitrogens with zero attached hydrogens (tertiary/aromatic N) is 4. The summed E-state index contributed by atoms with van der Waals surface area (Å²) in [7, 11) is 0. The zero-order chi connectivity index (χ0) is 26.8. The van der Waals surface area contributed by atoms with Crippen LogP contribution in [0, 0.1) is 10.1 Å². The molecule has 0 bridgehead atoms. The molecule has 0 fully saturated rings. The van der Waals surface area contributed by atoms with E-state index in [1.165, 1.54) is 17.0 Å². The Kier molecular flexibility index (Phi) is 7.10. The summed E-state index contributed by atoms with van der Waals surface area (Å²) in [5.41, 5.74) is 1.11. The fraction of sp³-hybridized carbons (Fsp3) is 0.222. The van der Waals surface area contributed by atoms with E-state index in [4.69, 9.17) is 19.2 Å². The first-order valence-corrected chi connectivity index (χ1v) is 12.7. The lowest BCUT2D eigenvalue weighted by Crippen LogP contribution is -2.23.